The summed E-state index contributed by atoms with van der Waals surface area (Å²) in [5.74, 6) is 0.592. The van der Waals surface area contributed by atoms with Gasteiger partial charge in [0, 0.05) is 18.7 Å². The monoisotopic (exact) mass is 304 g/mol. The number of amides is 1. The Labute approximate surface area is 124 Å². The molecule has 0 atom stereocenters. The second kappa shape index (κ2) is 6.67. The molecule has 2 aromatic rings. The van der Waals surface area contributed by atoms with Crippen molar-refractivity contribution in [3.05, 3.63) is 63.4 Å². The smallest absolute Gasteiger partial charge is 0.269 e. The normalized spacial score (nSPS) is 9.90. The van der Waals surface area contributed by atoms with Gasteiger partial charge in [-0.1, -0.05) is 6.08 Å². The van der Waals surface area contributed by atoms with E-state index >= 15 is 0 Å². The summed E-state index contributed by atoms with van der Waals surface area (Å²) in [5.41, 5.74) is -0.0170. The maximum atomic E-state index is 11.9. The van der Waals surface area contributed by atoms with Crippen LogP contribution in [0.25, 0.3) is 0 Å². The number of nitrogens with one attached hydrogen (secondary N) is 1. The van der Waals surface area contributed by atoms with Crippen molar-refractivity contribution in [1.82, 2.24) is 5.32 Å². The molecule has 7 heteroatoms. The Bertz CT molecular complexity index is 664. The molecule has 1 aromatic carbocycles. The fourth-order valence-electron chi connectivity index (χ4n) is 1.55. The van der Waals surface area contributed by atoms with Gasteiger partial charge in [0.25, 0.3) is 11.6 Å². The molecule has 1 amide bonds. The molecule has 0 radical (unpaired) electrons. The quantitative estimate of drug-likeness (QED) is 0.504. The van der Waals surface area contributed by atoms with Gasteiger partial charge < -0.3 is 10.1 Å². The van der Waals surface area contributed by atoms with Crippen molar-refractivity contribution >= 4 is 22.9 Å². The molecule has 2 rings (SSSR count). The molecule has 0 fully saturated rings. The van der Waals surface area contributed by atoms with E-state index in [1.807, 2.05) is 0 Å². The molecule has 108 valence electrons. The van der Waals surface area contributed by atoms with Crippen LogP contribution in [0.1, 0.15) is 9.67 Å². The molecule has 0 spiro atoms. The van der Waals surface area contributed by atoms with Crippen LogP contribution in [0.4, 0.5) is 5.69 Å². The average molecular weight is 304 g/mol. The lowest BCUT2D eigenvalue weighted by Crippen LogP contribution is -2.22. The van der Waals surface area contributed by atoms with E-state index in [1.54, 1.807) is 17.5 Å². The van der Waals surface area contributed by atoms with E-state index in [0.717, 1.165) is 0 Å². The Balaban J connectivity index is 2.13. The molecule has 0 aliphatic rings. The topological polar surface area (TPSA) is 81.5 Å². The van der Waals surface area contributed by atoms with Gasteiger partial charge >= 0.3 is 0 Å². The molecule has 0 saturated heterocycles. The summed E-state index contributed by atoms with van der Waals surface area (Å²) in [6, 6.07) is 7.34. The van der Waals surface area contributed by atoms with Crippen molar-refractivity contribution < 1.29 is 14.5 Å². The summed E-state index contributed by atoms with van der Waals surface area (Å²) in [6.07, 6.45) is 1.59. The number of thiophene rings is 1. The largest absolute Gasteiger partial charge is 0.456 e. The summed E-state index contributed by atoms with van der Waals surface area (Å²) in [5, 5.41) is 15.0. The lowest BCUT2D eigenvalue weighted by molar-refractivity contribution is -0.384. The van der Waals surface area contributed by atoms with Crippen LogP contribution in [-0.2, 0) is 0 Å². The number of nitro groups is 1. The summed E-state index contributed by atoms with van der Waals surface area (Å²) in [6.45, 7) is 3.90. The third-order valence-electron chi connectivity index (χ3n) is 2.52. The van der Waals surface area contributed by atoms with Crippen LogP contribution < -0.4 is 10.1 Å². The number of carbonyl (C=O) groups is 1. The highest BCUT2D eigenvalue weighted by Crippen LogP contribution is 2.30. The molecular formula is C14H12N2O4S. The lowest BCUT2D eigenvalue weighted by atomic mass is 10.3. The fraction of sp³-hybridized carbons (Fsp3) is 0.0714. The molecule has 0 bridgehead atoms. The molecule has 0 aliphatic heterocycles. The van der Waals surface area contributed by atoms with Crippen molar-refractivity contribution in [2.45, 2.75) is 0 Å². The zero-order valence-electron chi connectivity index (χ0n) is 10.9. The van der Waals surface area contributed by atoms with Crippen LogP contribution in [0.15, 0.2) is 48.4 Å². The number of hydrogen-bond donors (Lipinski definition) is 1. The average Bonchev–Trinajstić information content (AvgIpc) is 2.93. The Kier molecular flexibility index (Phi) is 4.68. The highest BCUT2D eigenvalue weighted by molar-refractivity contribution is 7.12. The summed E-state index contributed by atoms with van der Waals surface area (Å²) >= 11 is 1.26. The molecule has 1 N–H and O–H groups in total. The molecule has 21 heavy (non-hydrogen) atoms. The predicted octanol–water partition coefficient (Wildman–Crippen LogP) is 3.36. The first-order valence-corrected chi connectivity index (χ1v) is 6.88. The van der Waals surface area contributed by atoms with Crippen LogP contribution in [0.2, 0.25) is 0 Å². The van der Waals surface area contributed by atoms with Crippen LogP contribution in [0, 0.1) is 10.1 Å². The van der Waals surface area contributed by atoms with Gasteiger partial charge in [0.05, 0.1) is 4.92 Å². The van der Waals surface area contributed by atoms with Crippen molar-refractivity contribution in [1.29, 1.82) is 0 Å². The lowest BCUT2D eigenvalue weighted by Gasteiger charge is -2.06. The van der Waals surface area contributed by atoms with Crippen LogP contribution in [0.3, 0.4) is 0 Å². The van der Waals surface area contributed by atoms with Gasteiger partial charge in [0.2, 0.25) is 0 Å². The molecule has 0 aliphatic carbocycles. The Morgan fingerprint density at radius 2 is 2.10 bits per heavy atom. The minimum Gasteiger partial charge on any atom is -0.456 e. The summed E-state index contributed by atoms with van der Waals surface area (Å²) < 4.78 is 5.59. The minimum atomic E-state index is -0.484. The maximum Gasteiger partial charge on any atom is 0.269 e. The number of nitrogens with zero attached hydrogens (tertiary/aromatic N) is 1. The molecular weight excluding hydrogens is 292 g/mol. The van der Waals surface area contributed by atoms with E-state index < -0.39 is 4.92 Å². The van der Waals surface area contributed by atoms with E-state index in [9.17, 15) is 14.9 Å². The van der Waals surface area contributed by atoms with Gasteiger partial charge in [-0.05, 0) is 23.6 Å². The Hall–Kier alpha value is -2.67. The van der Waals surface area contributed by atoms with Gasteiger partial charge in [0.1, 0.15) is 10.6 Å². The van der Waals surface area contributed by atoms with Crippen molar-refractivity contribution in [3.63, 3.8) is 0 Å². The molecule has 1 heterocycles. The second-order valence-electron chi connectivity index (χ2n) is 3.97. The Morgan fingerprint density at radius 3 is 2.71 bits per heavy atom. The first kappa shape index (κ1) is 14.7. The van der Waals surface area contributed by atoms with Gasteiger partial charge in [-0.2, -0.15) is 0 Å². The zero-order valence-corrected chi connectivity index (χ0v) is 11.8. The van der Waals surface area contributed by atoms with Crippen molar-refractivity contribution in [2.75, 3.05) is 6.54 Å². The van der Waals surface area contributed by atoms with Gasteiger partial charge in [-0.3, -0.25) is 14.9 Å². The molecule has 0 unspecified atom stereocenters. The van der Waals surface area contributed by atoms with E-state index in [-0.39, 0.29) is 11.6 Å². The maximum absolute atomic E-state index is 11.9. The van der Waals surface area contributed by atoms with E-state index in [2.05, 4.69) is 11.9 Å². The van der Waals surface area contributed by atoms with E-state index in [1.165, 1.54) is 35.6 Å². The van der Waals surface area contributed by atoms with E-state index in [0.29, 0.717) is 22.9 Å². The van der Waals surface area contributed by atoms with Gasteiger partial charge in [-0.25, -0.2) is 0 Å². The number of carbonyl (C=O) groups excluding carboxylic acids is 1. The SMILES string of the molecule is C=CCNC(=O)c1sccc1Oc1ccc([N+](=O)[O-])cc1. The number of non-ortho nitro benzene ring substituents is 1. The first-order chi connectivity index (χ1) is 10.1. The fourth-order valence-corrected chi connectivity index (χ4v) is 2.28. The second-order valence-corrected chi connectivity index (χ2v) is 4.88. The summed E-state index contributed by atoms with van der Waals surface area (Å²) in [7, 11) is 0. The number of nitro benzene ring substituents is 1. The highest BCUT2D eigenvalue weighted by atomic mass is 32.1. The first-order valence-electron chi connectivity index (χ1n) is 6.00. The van der Waals surface area contributed by atoms with Crippen LogP contribution in [0.5, 0.6) is 11.5 Å². The number of ether oxygens (including phenoxy) is 1. The standard InChI is InChI=1S/C14H12N2O4S/c1-2-8-15-14(17)13-12(7-9-21-13)20-11-5-3-10(4-6-11)16(18)19/h2-7,9H,1,8H2,(H,15,17). The third kappa shape index (κ3) is 3.67. The zero-order chi connectivity index (χ0) is 15.2. The number of rotatable bonds is 6. The third-order valence-corrected chi connectivity index (χ3v) is 3.41. The predicted molar refractivity (Wildman–Crippen MR) is 80.0 cm³/mol. The molecule has 0 saturated carbocycles. The van der Waals surface area contributed by atoms with E-state index in [4.69, 9.17) is 4.74 Å². The van der Waals surface area contributed by atoms with Crippen LogP contribution in [-0.4, -0.2) is 17.4 Å². The highest BCUT2D eigenvalue weighted by Gasteiger charge is 2.15. The van der Waals surface area contributed by atoms with Crippen molar-refractivity contribution in [2.24, 2.45) is 0 Å². The number of benzene rings is 1. The van der Waals surface area contributed by atoms with Crippen molar-refractivity contribution in [3.8, 4) is 11.5 Å². The number of hydrogen-bond acceptors (Lipinski definition) is 5. The van der Waals surface area contributed by atoms with Gasteiger partial charge in [-0.15, -0.1) is 17.9 Å². The molecule has 1 aromatic heterocycles. The molecule has 6 nitrogen and oxygen atoms in total. The van der Waals surface area contributed by atoms with Gasteiger partial charge in [0.15, 0.2) is 5.75 Å². The summed E-state index contributed by atoms with van der Waals surface area (Å²) in [4.78, 5) is 22.4. The minimum absolute atomic E-state index is 0.0170. The Morgan fingerprint density at radius 1 is 1.38 bits per heavy atom. The van der Waals surface area contributed by atoms with Crippen LogP contribution >= 0.6 is 11.3 Å².